The molecule has 0 aliphatic rings. The maximum Gasteiger partial charge on any atom is 0.309 e. The van der Waals surface area contributed by atoms with Gasteiger partial charge in [0.15, 0.2) is 0 Å². The first kappa shape index (κ1) is 15.2. The van der Waals surface area contributed by atoms with Gasteiger partial charge in [0.2, 0.25) is 0 Å². The van der Waals surface area contributed by atoms with Gasteiger partial charge in [-0.15, -0.1) is 0 Å². The zero-order valence-electron chi connectivity index (χ0n) is 11.1. The van der Waals surface area contributed by atoms with E-state index in [1.807, 2.05) is 37.3 Å². The van der Waals surface area contributed by atoms with E-state index in [1.54, 1.807) is 0 Å². The molecule has 0 spiro atoms. The van der Waals surface area contributed by atoms with Gasteiger partial charge in [-0.25, -0.2) is 0 Å². The molecule has 0 heterocycles. The van der Waals surface area contributed by atoms with Gasteiger partial charge in [0.25, 0.3) is 0 Å². The highest BCUT2D eigenvalue weighted by Gasteiger charge is 2.36. The lowest BCUT2D eigenvalue weighted by Crippen LogP contribution is -2.33. The monoisotopic (exact) mass is 264 g/mol. The van der Waals surface area contributed by atoms with Crippen LogP contribution in [0.1, 0.15) is 38.2 Å². The molecule has 104 valence electrons. The molecule has 4 heteroatoms. The maximum absolute atomic E-state index is 11.6. The maximum atomic E-state index is 11.6. The third-order valence-electron chi connectivity index (χ3n) is 3.56. The van der Waals surface area contributed by atoms with Crippen LogP contribution in [0.5, 0.6) is 0 Å². The summed E-state index contributed by atoms with van der Waals surface area (Å²) in [4.78, 5) is 22.1. The Morgan fingerprint density at radius 1 is 1.16 bits per heavy atom. The minimum Gasteiger partial charge on any atom is -0.481 e. The molecular weight excluding hydrogens is 244 g/mol. The quantitative estimate of drug-likeness (QED) is 0.757. The second-order valence-electron chi connectivity index (χ2n) is 4.85. The predicted octanol–water partition coefficient (Wildman–Crippen LogP) is 2.97. The minimum atomic E-state index is -0.880. The van der Waals surface area contributed by atoms with Gasteiger partial charge >= 0.3 is 11.9 Å². The van der Waals surface area contributed by atoms with Crippen molar-refractivity contribution in [1.29, 1.82) is 0 Å². The minimum absolute atomic E-state index is 0.0177. The zero-order chi connectivity index (χ0) is 14.3. The SMILES string of the molecule is CCC(CCCC(=O)O)(Cc1ccccc1)C(=O)O. The highest BCUT2D eigenvalue weighted by molar-refractivity contribution is 5.75. The van der Waals surface area contributed by atoms with Gasteiger partial charge in [0, 0.05) is 6.42 Å². The molecule has 0 radical (unpaired) electrons. The van der Waals surface area contributed by atoms with Gasteiger partial charge in [0.05, 0.1) is 5.41 Å². The Bertz CT molecular complexity index is 427. The molecule has 1 atom stereocenters. The Kier molecular flexibility index (Phi) is 5.55. The van der Waals surface area contributed by atoms with Crippen molar-refractivity contribution in [2.45, 2.75) is 39.0 Å². The van der Waals surface area contributed by atoms with E-state index in [2.05, 4.69) is 0 Å². The Labute approximate surface area is 113 Å². The summed E-state index contributed by atoms with van der Waals surface area (Å²) in [6, 6.07) is 9.47. The van der Waals surface area contributed by atoms with E-state index in [1.165, 1.54) is 0 Å². The molecule has 1 rings (SSSR count). The number of aliphatic carboxylic acids is 2. The van der Waals surface area contributed by atoms with Crippen molar-refractivity contribution in [1.82, 2.24) is 0 Å². The van der Waals surface area contributed by atoms with Crippen molar-refractivity contribution in [2.75, 3.05) is 0 Å². The summed E-state index contributed by atoms with van der Waals surface area (Å²) >= 11 is 0. The molecule has 0 aromatic heterocycles. The fourth-order valence-corrected chi connectivity index (χ4v) is 2.29. The molecule has 0 amide bonds. The molecule has 0 fully saturated rings. The summed E-state index contributed by atoms with van der Waals surface area (Å²) in [5, 5.41) is 18.2. The predicted molar refractivity (Wildman–Crippen MR) is 72.0 cm³/mol. The van der Waals surface area contributed by atoms with E-state index in [4.69, 9.17) is 5.11 Å². The van der Waals surface area contributed by atoms with E-state index in [0.717, 1.165) is 5.56 Å². The van der Waals surface area contributed by atoms with Crippen molar-refractivity contribution in [3.05, 3.63) is 35.9 Å². The lowest BCUT2D eigenvalue weighted by Gasteiger charge is -2.28. The van der Waals surface area contributed by atoms with Crippen LogP contribution in [0.25, 0.3) is 0 Å². The highest BCUT2D eigenvalue weighted by atomic mass is 16.4. The molecule has 0 saturated carbocycles. The van der Waals surface area contributed by atoms with Gasteiger partial charge in [-0.05, 0) is 31.2 Å². The van der Waals surface area contributed by atoms with Crippen LogP contribution in [-0.4, -0.2) is 22.2 Å². The summed E-state index contributed by atoms with van der Waals surface area (Å²) in [7, 11) is 0. The number of carboxylic acid groups (broad SMARTS) is 2. The van der Waals surface area contributed by atoms with Crippen LogP contribution in [-0.2, 0) is 16.0 Å². The summed E-state index contributed by atoms with van der Waals surface area (Å²) in [6.45, 7) is 1.85. The molecule has 0 aliphatic carbocycles. The van der Waals surface area contributed by atoms with E-state index < -0.39 is 17.4 Å². The molecule has 0 bridgehead atoms. The second kappa shape index (κ2) is 6.92. The number of carboxylic acids is 2. The fraction of sp³-hybridized carbons (Fsp3) is 0.467. The average Bonchev–Trinajstić information content (AvgIpc) is 2.38. The smallest absolute Gasteiger partial charge is 0.309 e. The molecule has 0 aliphatic heterocycles. The third kappa shape index (κ3) is 4.39. The van der Waals surface area contributed by atoms with Crippen LogP contribution in [0.3, 0.4) is 0 Å². The Morgan fingerprint density at radius 3 is 2.26 bits per heavy atom. The van der Waals surface area contributed by atoms with Gasteiger partial charge in [-0.1, -0.05) is 37.3 Å². The number of hydrogen-bond donors (Lipinski definition) is 2. The van der Waals surface area contributed by atoms with Gasteiger partial charge in [-0.2, -0.15) is 0 Å². The van der Waals surface area contributed by atoms with Crippen molar-refractivity contribution >= 4 is 11.9 Å². The summed E-state index contributed by atoms with van der Waals surface area (Å²) in [5.74, 6) is -1.72. The molecule has 1 aromatic rings. The normalized spacial score (nSPS) is 13.7. The molecule has 19 heavy (non-hydrogen) atoms. The Morgan fingerprint density at radius 2 is 1.79 bits per heavy atom. The average molecular weight is 264 g/mol. The molecule has 1 aromatic carbocycles. The zero-order valence-corrected chi connectivity index (χ0v) is 11.1. The number of rotatable bonds is 8. The molecule has 4 nitrogen and oxygen atoms in total. The summed E-state index contributed by atoms with van der Waals surface area (Å²) in [5.41, 5.74) is 0.110. The molecular formula is C15H20O4. The van der Waals surface area contributed by atoms with Crippen LogP contribution in [0.2, 0.25) is 0 Å². The van der Waals surface area contributed by atoms with Crippen molar-refractivity contribution in [3.8, 4) is 0 Å². The van der Waals surface area contributed by atoms with Gasteiger partial charge < -0.3 is 10.2 Å². The summed E-state index contributed by atoms with van der Waals surface area (Å²) < 4.78 is 0. The van der Waals surface area contributed by atoms with Crippen LogP contribution < -0.4 is 0 Å². The number of hydrogen-bond acceptors (Lipinski definition) is 2. The largest absolute Gasteiger partial charge is 0.481 e. The van der Waals surface area contributed by atoms with E-state index >= 15 is 0 Å². The molecule has 1 unspecified atom stereocenters. The first-order valence-electron chi connectivity index (χ1n) is 6.49. The third-order valence-corrected chi connectivity index (χ3v) is 3.56. The lowest BCUT2D eigenvalue weighted by molar-refractivity contribution is -0.150. The van der Waals surface area contributed by atoms with Gasteiger partial charge in [-0.3, -0.25) is 9.59 Å². The van der Waals surface area contributed by atoms with Crippen LogP contribution in [0, 0.1) is 5.41 Å². The highest BCUT2D eigenvalue weighted by Crippen LogP contribution is 2.33. The summed E-state index contributed by atoms with van der Waals surface area (Å²) in [6.07, 6.45) is 1.74. The standard InChI is InChI=1S/C15H20O4/c1-2-15(14(18)19,10-6-9-13(16)17)11-12-7-4-3-5-8-12/h3-5,7-8H,2,6,9-11H2,1H3,(H,16,17)(H,18,19). The van der Waals surface area contributed by atoms with E-state index in [9.17, 15) is 14.7 Å². The number of benzene rings is 1. The van der Waals surface area contributed by atoms with Crippen molar-refractivity contribution < 1.29 is 19.8 Å². The van der Waals surface area contributed by atoms with Crippen LogP contribution >= 0.6 is 0 Å². The van der Waals surface area contributed by atoms with Crippen molar-refractivity contribution in [2.24, 2.45) is 5.41 Å². The van der Waals surface area contributed by atoms with Crippen molar-refractivity contribution in [3.63, 3.8) is 0 Å². The first-order chi connectivity index (χ1) is 9.00. The van der Waals surface area contributed by atoms with Crippen LogP contribution in [0.4, 0.5) is 0 Å². The van der Waals surface area contributed by atoms with Gasteiger partial charge in [0.1, 0.15) is 0 Å². The van der Waals surface area contributed by atoms with E-state index in [-0.39, 0.29) is 6.42 Å². The van der Waals surface area contributed by atoms with E-state index in [0.29, 0.717) is 25.7 Å². The second-order valence-corrected chi connectivity index (χ2v) is 4.85. The number of carbonyl (C=O) groups is 2. The molecule has 0 saturated heterocycles. The first-order valence-corrected chi connectivity index (χ1v) is 6.49. The lowest BCUT2D eigenvalue weighted by atomic mass is 9.75. The fourth-order valence-electron chi connectivity index (χ4n) is 2.29. The van der Waals surface area contributed by atoms with Crippen LogP contribution in [0.15, 0.2) is 30.3 Å². The Hall–Kier alpha value is -1.84. The molecule has 2 N–H and O–H groups in total. The topological polar surface area (TPSA) is 74.6 Å². The Balaban J connectivity index is 2.80.